The molecule has 0 spiro atoms. The smallest absolute Gasteiger partial charge is 0.292 e. The van der Waals surface area contributed by atoms with E-state index in [1.54, 1.807) is 54.1 Å². The molecule has 13 rings (SSSR count). The SMILES string of the molecule is C=CC(=O)Nc1ccccc1[N+](=O)[O-].Fc1cccnc1CNc1ncnc2sc(CCNCCc3nc4ccccc4[nH]3)nc12.NCCc1nc2c(NCc3ncccc3F)ncnc2s1.O=C(CCNCCc1nc2c(NCc3ncccc3F)ncnc2s1)Nc1ccccc1[N+](=O)[O-]. The number of nitrogens with two attached hydrogens (primary N) is 1. The van der Waals surface area contributed by atoms with Gasteiger partial charge in [0.15, 0.2) is 17.5 Å². The molecule has 3 aromatic carbocycles. The highest BCUT2D eigenvalue weighted by Crippen LogP contribution is 2.29. The number of thiazole rings is 3. The van der Waals surface area contributed by atoms with Crippen LogP contribution < -0.4 is 43.0 Å². The van der Waals surface area contributed by atoms with Gasteiger partial charge in [-0.2, -0.15) is 0 Å². The van der Waals surface area contributed by atoms with E-state index in [4.69, 9.17) is 10.7 Å². The number of nitrogens with one attached hydrogen (secondary N) is 8. The maximum absolute atomic E-state index is 13.8. The molecule has 0 aliphatic rings. The first-order valence-electron chi connectivity index (χ1n) is 31.3. The number of benzene rings is 3. The van der Waals surface area contributed by atoms with Crippen molar-refractivity contribution in [2.24, 2.45) is 5.73 Å². The van der Waals surface area contributed by atoms with Crippen LogP contribution in [-0.4, -0.2) is 124 Å². The van der Waals surface area contributed by atoms with E-state index in [1.165, 1.54) is 102 Å². The van der Waals surface area contributed by atoms with Gasteiger partial charge in [-0.15, -0.1) is 0 Å². The van der Waals surface area contributed by atoms with Crippen molar-refractivity contribution in [3.8, 4) is 0 Å². The molecule has 0 bridgehead atoms. The summed E-state index contributed by atoms with van der Waals surface area (Å²) < 4.78 is 41.2. The molecule has 36 heteroatoms. The molecule has 0 atom stereocenters. The number of aromatic amines is 1. The second-order valence-corrected chi connectivity index (χ2v) is 24.5. The summed E-state index contributed by atoms with van der Waals surface area (Å²) in [6, 6.07) is 28.7. The Bertz CT molecular complexity index is 4990. The number of halogens is 3. The summed E-state index contributed by atoms with van der Waals surface area (Å²) in [6.07, 6.45) is 13.2. The number of amides is 2. The first-order valence-corrected chi connectivity index (χ1v) is 33.7. The molecule has 0 aliphatic heterocycles. The van der Waals surface area contributed by atoms with Gasteiger partial charge in [-0.1, -0.05) is 77.0 Å². The largest absolute Gasteiger partial charge is 0.362 e. The highest BCUT2D eigenvalue weighted by molar-refractivity contribution is 7.18. The standard InChI is InChI=1S/C22H21FN8O3S.C22H21FN8S.C13H13FN6S.C9H8N2O3/c23-14-4-3-9-25-16(14)12-26-21-20-22(28-13-27-21)35-19(30-20)8-11-24-10-7-18(32)29-15-5-1-2-6-17(15)31(33)34;23-14-4-3-9-25-17(14)12-26-21-20-22(28-13-27-21)32-19(31-20)8-11-24-10-7-18-29-15-5-1-2-6-16(15)30-18;14-8-2-1-5-16-9(8)6-17-12-11-13(19-7-18-12)21-10(20-11)3-4-15;1-2-9(12)10-7-5-3-4-6-8(7)11(13)14/h1-6,9,13,24H,7-8,10-12H2,(H,29,32)(H,26,27,28);1-6,9,13,24H,7-8,10-12H2,(H,29,30)(H,26,27,28);1-2,5,7H,3-4,6,15H2,(H,17,18,19);2-6H,1H2,(H,10,12). The van der Waals surface area contributed by atoms with Gasteiger partial charge in [-0.3, -0.25) is 44.8 Å². The summed E-state index contributed by atoms with van der Waals surface area (Å²) in [7, 11) is 0. The van der Waals surface area contributed by atoms with Gasteiger partial charge in [-0.25, -0.2) is 63.0 Å². The van der Waals surface area contributed by atoms with Gasteiger partial charge in [-0.05, 0) is 73.3 Å². The van der Waals surface area contributed by atoms with Crippen LogP contribution in [-0.2, 0) is 54.9 Å². The van der Waals surface area contributed by atoms with Crippen LogP contribution >= 0.6 is 34.0 Å². The molecule has 2 amide bonds. The van der Waals surface area contributed by atoms with Crippen LogP contribution in [0.15, 0.2) is 159 Å². The number of nitro groups is 2. The van der Waals surface area contributed by atoms with E-state index in [2.05, 4.69) is 109 Å². The second-order valence-electron chi connectivity index (χ2n) is 21.3. The average molecular weight is 1440 g/mol. The quantitative estimate of drug-likeness (QED) is 0.00952. The molecule has 10 heterocycles. The highest BCUT2D eigenvalue weighted by atomic mass is 32.1. The number of nitrogens with zero attached hydrogens (tertiary/aromatic N) is 15. The molecule has 13 aromatic rings. The zero-order valence-electron chi connectivity index (χ0n) is 53.9. The van der Waals surface area contributed by atoms with Crippen LogP contribution in [0.3, 0.4) is 0 Å². The number of nitro benzene ring substituents is 2. The number of hydrogen-bond acceptors (Lipinski definition) is 28. The molecule has 0 unspecified atom stereocenters. The molecule has 522 valence electrons. The molecule has 0 saturated heterocycles. The molecule has 0 saturated carbocycles. The number of para-hydroxylation sites is 6. The van der Waals surface area contributed by atoms with E-state index >= 15 is 0 Å². The van der Waals surface area contributed by atoms with Gasteiger partial charge in [0.1, 0.15) is 84.7 Å². The lowest BCUT2D eigenvalue weighted by molar-refractivity contribution is -0.384. The summed E-state index contributed by atoms with van der Waals surface area (Å²) in [6.45, 7) is 7.03. The number of H-pyrrole nitrogens is 1. The van der Waals surface area contributed by atoms with E-state index in [1.807, 2.05) is 24.3 Å². The lowest BCUT2D eigenvalue weighted by Gasteiger charge is -2.06. The molecule has 102 heavy (non-hydrogen) atoms. The third-order valence-electron chi connectivity index (χ3n) is 14.3. The minimum Gasteiger partial charge on any atom is -0.362 e. The minimum absolute atomic E-state index is 0.136. The first kappa shape index (κ1) is 72.8. The number of anilines is 5. The predicted molar refractivity (Wildman–Crippen MR) is 384 cm³/mol. The Morgan fingerprint density at radius 2 is 0.931 bits per heavy atom. The van der Waals surface area contributed by atoms with Crippen molar-refractivity contribution in [2.75, 3.05) is 59.3 Å². The number of imidazole rings is 1. The molecule has 0 fully saturated rings. The monoisotopic (exact) mass is 1440 g/mol. The maximum atomic E-state index is 13.8. The van der Waals surface area contributed by atoms with Gasteiger partial charge >= 0.3 is 0 Å². The molecule has 0 radical (unpaired) electrons. The molecule has 10 N–H and O–H groups in total. The molecular formula is C66H63F3N24O6S3. The summed E-state index contributed by atoms with van der Waals surface area (Å²) >= 11 is 4.46. The maximum Gasteiger partial charge on any atom is 0.292 e. The van der Waals surface area contributed by atoms with E-state index in [0.29, 0.717) is 82.7 Å². The van der Waals surface area contributed by atoms with Gasteiger partial charge in [0, 0.05) is 89.0 Å². The topological polar surface area (TPSA) is 414 Å². The van der Waals surface area contributed by atoms with Crippen LogP contribution in [0.2, 0.25) is 0 Å². The Labute approximate surface area is 589 Å². The van der Waals surface area contributed by atoms with E-state index in [0.717, 1.165) is 73.5 Å². The van der Waals surface area contributed by atoms with Crippen LogP contribution in [0.1, 0.15) is 44.3 Å². The molecule has 0 aliphatic carbocycles. The van der Waals surface area contributed by atoms with Crippen molar-refractivity contribution in [2.45, 2.75) is 51.7 Å². The van der Waals surface area contributed by atoms with E-state index in [-0.39, 0.29) is 72.0 Å². The third-order valence-corrected chi connectivity index (χ3v) is 17.4. The Balaban J connectivity index is 0.000000154. The Morgan fingerprint density at radius 3 is 1.37 bits per heavy atom. The number of fused-ring (bicyclic) bond motifs is 4. The van der Waals surface area contributed by atoms with Crippen molar-refractivity contribution < 1.29 is 32.6 Å². The van der Waals surface area contributed by atoms with Crippen LogP contribution in [0, 0.1) is 37.7 Å². The first-order chi connectivity index (χ1) is 49.7. The van der Waals surface area contributed by atoms with Crippen LogP contribution in [0.25, 0.3) is 42.1 Å². The second kappa shape index (κ2) is 36.7. The van der Waals surface area contributed by atoms with Crippen molar-refractivity contribution >= 4 is 128 Å². The highest BCUT2D eigenvalue weighted by Gasteiger charge is 2.19. The minimum atomic E-state index is -0.557. The summed E-state index contributed by atoms with van der Waals surface area (Å²) in [5.41, 5.74) is 10.6. The van der Waals surface area contributed by atoms with Gasteiger partial charge in [0.2, 0.25) is 11.8 Å². The van der Waals surface area contributed by atoms with Crippen molar-refractivity contribution in [3.05, 3.63) is 235 Å². The summed E-state index contributed by atoms with van der Waals surface area (Å²) in [5, 5.41) is 45.1. The van der Waals surface area contributed by atoms with E-state index in [9.17, 15) is 43.0 Å². The molecule has 10 aromatic heterocycles. The number of rotatable bonds is 28. The van der Waals surface area contributed by atoms with Gasteiger partial charge < -0.3 is 47.9 Å². The molecule has 30 nitrogen and oxygen atoms in total. The summed E-state index contributed by atoms with van der Waals surface area (Å²) in [5.74, 6) is 0.754. The van der Waals surface area contributed by atoms with Crippen LogP contribution in [0.4, 0.5) is 53.4 Å². The Kier molecular flexibility index (Phi) is 26.2. The van der Waals surface area contributed by atoms with Crippen molar-refractivity contribution in [3.63, 3.8) is 0 Å². The molecular weight excluding hydrogens is 1380 g/mol. The van der Waals surface area contributed by atoms with Crippen molar-refractivity contribution in [1.29, 1.82) is 0 Å². The fourth-order valence-corrected chi connectivity index (χ4v) is 12.1. The van der Waals surface area contributed by atoms with E-state index < -0.39 is 21.6 Å². The fraction of sp³-hybridized carbons (Fsp3) is 0.197. The van der Waals surface area contributed by atoms with Crippen LogP contribution in [0.5, 0.6) is 0 Å². The average Bonchev–Trinajstić information content (AvgIpc) is 1.67. The summed E-state index contributed by atoms with van der Waals surface area (Å²) in [4.78, 5) is 105. The third kappa shape index (κ3) is 20.6. The number of carbonyl (C=O) groups is 2. The van der Waals surface area contributed by atoms with Gasteiger partial charge in [0.05, 0.1) is 72.6 Å². The Morgan fingerprint density at radius 1 is 0.510 bits per heavy atom. The zero-order valence-corrected chi connectivity index (χ0v) is 56.4. The van der Waals surface area contributed by atoms with Gasteiger partial charge in [0.25, 0.3) is 11.4 Å². The zero-order chi connectivity index (χ0) is 71.6. The predicted octanol–water partition coefficient (Wildman–Crippen LogP) is 10.2. The van der Waals surface area contributed by atoms with Crippen molar-refractivity contribution in [1.82, 2.24) is 80.4 Å². The number of hydrogen-bond donors (Lipinski definition) is 9. The number of pyridine rings is 3. The fourth-order valence-electron chi connectivity index (χ4n) is 9.42. The lowest BCUT2D eigenvalue weighted by Crippen LogP contribution is -2.23. The number of aromatic nitrogens is 14. The number of carbonyl (C=O) groups excluding carboxylic acids is 2. The lowest BCUT2D eigenvalue weighted by atomic mass is 10.2. The normalized spacial score (nSPS) is 10.8. The Hall–Kier alpha value is -12.0.